The minimum Gasteiger partial charge on any atom is -0.374 e. The molecule has 0 spiro atoms. The number of thiophene rings is 1. The van der Waals surface area contributed by atoms with Gasteiger partial charge in [0.25, 0.3) is 5.91 Å². The molecule has 0 aromatic carbocycles. The molecule has 3 rings (SSSR count). The number of fused-ring (bicyclic) bond motifs is 1. The van der Waals surface area contributed by atoms with Gasteiger partial charge in [-0.3, -0.25) is 4.79 Å². The highest BCUT2D eigenvalue weighted by atomic mass is 79.9. The van der Waals surface area contributed by atoms with E-state index >= 15 is 0 Å². The number of carbonyl (C=O) groups is 1. The first kappa shape index (κ1) is 11.7. The van der Waals surface area contributed by atoms with E-state index in [9.17, 15) is 4.79 Å². The van der Waals surface area contributed by atoms with Crippen LogP contribution >= 0.6 is 27.3 Å². The minimum atomic E-state index is 0.159. The van der Waals surface area contributed by atoms with Crippen molar-refractivity contribution in [2.45, 2.75) is 31.4 Å². The first-order chi connectivity index (χ1) is 8.25. The van der Waals surface area contributed by atoms with E-state index in [1.807, 2.05) is 16.3 Å². The minimum absolute atomic E-state index is 0.159. The van der Waals surface area contributed by atoms with Crippen molar-refractivity contribution in [3.05, 3.63) is 20.8 Å². The van der Waals surface area contributed by atoms with Gasteiger partial charge in [-0.1, -0.05) is 0 Å². The number of morpholine rings is 1. The van der Waals surface area contributed by atoms with Crippen molar-refractivity contribution in [2.75, 3.05) is 13.2 Å². The average Bonchev–Trinajstić information content (AvgIpc) is 2.95. The number of hydrogen-bond acceptors (Lipinski definition) is 3. The summed E-state index contributed by atoms with van der Waals surface area (Å²) < 4.78 is 6.73. The van der Waals surface area contributed by atoms with Crippen molar-refractivity contribution in [3.8, 4) is 0 Å². The molecule has 5 heteroatoms. The molecule has 1 aromatic heterocycles. The Balaban J connectivity index is 1.81. The van der Waals surface area contributed by atoms with E-state index in [2.05, 4.69) is 15.9 Å². The molecule has 1 saturated heterocycles. The normalized spacial score (nSPS) is 28.2. The Labute approximate surface area is 113 Å². The standard InChI is InChI=1S/C12H14BrNO2S/c13-11-6-8(7-17-11)12(15)14-4-5-16-10-3-1-2-9(10)14/h6-7,9-10H,1-5H2/t9-,10-/m1/s1. The summed E-state index contributed by atoms with van der Waals surface area (Å²) >= 11 is 4.96. The van der Waals surface area contributed by atoms with Crippen LogP contribution in [0.1, 0.15) is 29.6 Å². The van der Waals surface area contributed by atoms with Gasteiger partial charge in [-0.25, -0.2) is 0 Å². The summed E-state index contributed by atoms with van der Waals surface area (Å²) in [6, 6.07) is 2.21. The summed E-state index contributed by atoms with van der Waals surface area (Å²) in [6.07, 6.45) is 3.63. The maximum absolute atomic E-state index is 12.4. The molecule has 0 bridgehead atoms. The molecular weight excluding hydrogens is 302 g/mol. The highest BCUT2D eigenvalue weighted by molar-refractivity contribution is 9.11. The van der Waals surface area contributed by atoms with Crippen LogP contribution in [-0.4, -0.2) is 36.1 Å². The van der Waals surface area contributed by atoms with Gasteiger partial charge in [0.1, 0.15) is 0 Å². The lowest BCUT2D eigenvalue weighted by Crippen LogP contribution is -2.51. The Morgan fingerprint density at radius 3 is 3.18 bits per heavy atom. The second-order valence-corrected chi connectivity index (χ2v) is 6.84. The van der Waals surface area contributed by atoms with Crippen LogP contribution in [0.15, 0.2) is 15.2 Å². The van der Waals surface area contributed by atoms with Gasteiger partial charge in [-0.05, 0) is 41.3 Å². The van der Waals surface area contributed by atoms with E-state index < -0.39 is 0 Å². The van der Waals surface area contributed by atoms with E-state index in [4.69, 9.17) is 4.74 Å². The van der Waals surface area contributed by atoms with Crippen LogP contribution in [-0.2, 0) is 4.74 Å². The Bertz CT molecular complexity index is 434. The van der Waals surface area contributed by atoms with Gasteiger partial charge < -0.3 is 9.64 Å². The Hall–Kier alpha value is -0.390. The van der Waals surface area contributed by atoms with E-state index in [1.165, 1.54) is 6.42 Å². The van der Waals surface area contributed by atoms with Crippen LogP contribution in [0.5, 0.6) is 0 Å². The summed E-state index contributed by atoms with van der Waals surface area (Å²) in [5.74, 6) is 0.159. The number of carbonyl (C=O) groups excluding carboxylic acids is 1. The first-order valence-corrected chi connectivity index (χ1v) is 7.59. The largest absolute Gasteiger partial charge is 0.374 e. The molecule has 2 fully saturated rings. The molecule has 2 aliphatic rings. The molecule has 92 valence electrons. The van der Waals surface area contributed by atoms with Crippen molar-refractivity contribution in [2.24, 2.45) is 0 Å². The number of halogens is 1. The smallest absolute Gasteiger partial charge is 0.255 e. The second kappa shape index (κ2) is 4.71. The molecule has 0 unspecified atom stereocenters. The van der Waals surface area contributed by atoms with Crippen molar-refractivity contribution < 1.29 is 9.53 Å². The fourth-order valence-corrected chi connectivity index (χ4v) is 3.90. The third kappa shape index (κ3) is 2.16. The van der Waals surface area contributed by atoms with Crippen molar-refractivity contribution >= 4 is 33.2 Å². The average molecular weight is 316 g/mol. The fourth-order valence-electron chi connectivity index (χ4n) is 2.77. The molecule has 0 radical (unpaired) electrons. The molecule has 1 aliphatic carbocycles. The van der Waals surface area contributed by atoms with E-state index in [0.717, 1.165) is 28.7 Å². The number of hydrogen-bond donors (Lipinski definition) is 0. The predicted octanol–water partition coefficient (Wildman–Crippen LogP) is 2.90. The number of ether oxygens (including phenoxy) is 1. The third-order valence-electron chi connectivity index (χ3n) is 3.56. The van der Waals surface area contributed by atoms with Gasteiger partial charge >= 0.3 is 0 Å². The number of amides is 1. The number of nitrogens with zero attached hydrogens (tertiary/aromatic N) is 1. The molecular formula is C12H14BrNO2S. The summed E-state index contributed by atoms with van der Waals surface area (Å²) in [5, 5.41) is 1.92. The fraction of sp³-hybridized carbons (Fsp3) is 0.583. The Morgan fingerprint density at radius 2 is 2.41 bits per heavy atom. The zero-order valence-electron chi connectivity index (χ0n) is 9.39. The Morgan fingerprint density at radius 1 is 1.53 bits per heavy atom. The molecule has 2 heterocycles. The summed E-state index contributed by atoms with van der Waals surface area (Å²) in [7, 11) is 0. The maximum atomic E-state index is 12.4. The van der Waals surface area contributed by atoms with E-state index in [1.54, 1.807) is 11.3 Å². The Kier molecular flexibility index (Phi) is 3.23. The molecule has 3 nitrogen and oxygen atoms in total. The van der Waals surface area contributed by atoms with Crippen molar-refractivity contribution in [1.82, 2.24) is 4.90 Å². The molecule has 1 aromatic rings. The molecule has 1 amide bonds. The van der Waals surface area contributed by atoms with E-state index in [-0.39, 0.29) is 12.0 Å². The van der Waals surface area contributed by atoms with Gasteiger partial charge in [0.05, 0.1) is 28.1 Å². The first-order valence-electron chi connectivity index (χ1n) is 5.92. The van der Waals surface area contributed by atoms with Crippen LogP contribution in [0.25, 0.3) is 0 Å². The maximum Gasteiger partial charge on any atom is 0.255 e. The van der Waals surface area contributed by atoms with Crippen LogP contribution in [0.4, 0.5) is 0 Å². The second-order valence-electron chi connectivity index (χ2n) is 4.55. The third-order valence-corrected chi connectivity index (χ3v) is 5.06. The van der Waals surface area contributed by atoms with E-state index in [0.29, 0.717) is 12.6 Å². The molecule has 1 saturated carbocycles. The van der Waals surface area contributed by atoms with Crippen LogP contribution < -0.4 is 0 Å². The zero-order valence-corrected chi connectivity index (χ0v) is 11.8. The lowest BCUT2D eigenvalue weighted by Gasteiger charge is -2.37. The molecule has 17 heavy (non-hydrogen) atoms. The van der Waals surface area contributed by atoms with Gasteiger partial charge in [0, 0.05) is 11.9 Å². The van der Waals surface area contributed by atoms with Gasteiger partial charge in [0.15, 0.2) is 0 Å². The molecule has 0 N–H and O–H groups in total. The summed E-state index contributed by atoms with van der Waals surface area (Å²) in [5.41, 5.74) is 0.800. The van der Waals surface area contributed by atoms with Crippen LogP contribution in [0, 0.1) is 0 Å². The summed E-state index contributed by atoms with van der Waals surface area (Å²) in [6.45, 7) is 1.41. The zero-order chi connectivity index (χ0) is 11.8. The monoisotopic (exact) mass is 315 g/mol. The topological polar surface area (TPSA) is 29.5 Å². The lowest BCUT2D eigenvalue weighted by molar-refractivity contribution is -0.0445. The van der Waals surface area contributed by atoms with Crippen molar-refractivity contribution in [3.63, 3.8) is 0 Å². The van der Waals surface area contributed by atoms with Gasteiger partial charge in [-0.2, -0.15) is 0 Å². The van der Waals surface area contributed by atoms with Crippen LogP contribution in [0.3, 0.4) is 0 Å². The van der Waals surface area contributed by atoms with Crippen molar-refractivity contribution in [1.29, 1.82) is 0 Å². The SMILES string of the molecule is O=C(c1csc(Br)c1)N1CCO[C@@H]2CCC[C@H]21. The lowest BCUT2D eigenvalue weighted by atomic mass is 10.1. The number of rotatable bonds is 1. The molecule has 1 aliphatic heterocycles. The summed E-state index contributed by atoms with van der Waals surface area (Å²) in [4.78, 5) is 14.4. The quantitative estimate of drug-likeness (QED) is 0.797. The molecule has 2 atom stereocenters. The van der Waals surface area contributed by atoms with Gasteiger partial charge in [-0.15, -0.1) is 11.3 Å². The van der Waals surface area contributed by atoms with Gasteiger partial charge in [0.2, 0.25) is 0 Å². The highest BCUT2D eigenvalue weighted by Gasteiger charge is 2.38. The highest BCUT2D eigenvalue weighted by Crippen LogP contribution is 2.31. The van der Waals surface area contributed by atoms with Crippen LogP contribution in [0.2, 0.25) is 0 Å². The predicted molar refractivity (Wildman–Crippen MR) is 70.4 cm³/mol.